The van der Waals surface area contributed by atoms with E-state index in [0.717, 1.165) is 29.4 Å². The molecule has 0 saturated carbocycles. The van der Waals surface area contributed by atoms with Gasteiger partial charge in [-0.25, -0.2) is 0 Å². The van der Waals surface area contributed by atoms with Crippen LogP contribution in [0.2, 0.25) is 0 Å². The SMILES string of the molecule is C[C@@H]1C[C@H]2C(=O)N(c3ccc(C#N)c4ccccc34)[C@H](C(C)(C)C)N2C1. The molecule has 0 aromatic heterocycles. The number of benzene rings is 2. The second-order valence-electron chi connectivity index (χ2n) is 8.79. The first-order chi connectivity index (χ1) is 12.3. The van der Waals surface area contributed by atoms with Crippen molar-refractivity contribution in [2.75, 3.05) is 11.4 Å². The Hall–Kier alpha value is -2.38. The summed E-state index contributed by atoms with van der Waals surface area (Å²) in [4.78, 5) is 17.8. The number of nitriles is 1. The molecule has 2 aliphatic heterocycles. The fraction of sp³-hybridized carbons (Fsp3) is 0.455. The lowest BCUT2D eigenvalue weighted by Crippen LogP contribution is -2.49. The number of nitrogens with zero attached hydrogens (tertiary/aromatic N) is 3. The third-order valence-corrected chi connectivity index (χ3v) is 5.69. The van der Waals surface area contributed by atoms with Crippen LogP contribution in [0.1, 0.15) is 39.7 Å². The van der Waals surface area contributed by atoms with Gasteiger partial charge in [-0.15, -0.1) is 0 Å². The minimum absolute atomic E-state index is 0.0244. The summed E-state index contributed by atoms with van der Waals surface area (Å²) in [5, 5.41) is 11.3. The Morgan fingerprint density at radius 1 is 1.12 bits per heavy atom. The van der Waals surface area contributed by atoms with Gasteiger partial charge < -0.3 is 0 Å². The highest BCUT2D eigenvalue weighted by molar-refractivity contribution is 6.08. The van der Waals surface area contributed by atoms with Crippen molar-refractivity contribution in [1.29, 1.82) is 5.26 Å². The van der Waals surface area contributed by atoms with Crippen LogP contribution >= 0.6 is 0 Å². The Labute approximate surface area is 155 Å². The molecule has 0 radical (unpaired) electrons. The van der Waals surface area contributed by atoms with Crippen LogP contribution in [0, 0.1) is 22.7 Å². The zero-order valence-corrected chi connectivity index (χ0v) is 15.9. The molecular formula is C22H25N3O. The summed E-state index contributed by atoms with van der Waals surface area (Å²) in [6, 6.07) is 13.9. The highest BCUT2D eigenvalue weighted by Crippen LogP contribution is 2.44. The number of rotatable bonds is 1. The Kier molecular flexibility index (Phi) is 3.82. The van der Waals surface area contributed by atoms with Crippen molar-refractivity contribution >= 4 is 22.4 Å². The zero-order valence-electron chi connectivity index (χ0n) is 15.9. The van der Waals surface area contributed by atoms with E-state index in [9.17, 15) is 10.1 Å². The number of fused-ring (bicyclic) bond motifs is 2. The molecule has 4 nitrogen and oxygen atoms in total. The van der Waals surface area contributed by atoms with Crippen LogP contribution in [0.3, 0.4) is 0 Å². The molecule has 3 atom stereocenters. The maximum Gasteiger partial charge on any atom is 0.245 e. The molecule has 2 fully saturated rings. The number of anilines is 1. The normalized spacial score (nSPS) is 26.3. The number of carbonyl (C=O) groups excluding carboxylic acids is 1. The van der Waals surface area contributed by atoms with Crippen LogP contribution in [0.15, 0.2) is 36.4 Å². The maximum atomic E-state index is 13.4. The van der Waals surface area contributed by atoms with Crippen molar-refractivity contribution in [3.63, 3.8) is 0 Å². The average molecular weight is 347 g/mol. The van der Waals surface area contributed by atoms with Crippen LogP contribution in [0.4, 0.5) is 5.69 Å². The fourth-order valence-corrected chi connectivity index (χ4v) is 4.75. The third-order valence-electron chi connectivity index (χ3n) is 5.69. The van der Waals surface area contributed by atoms with Gasteiger partial charge >= 0.3 is 0 Å². The lowest BCUT2D eigenvalue weighted by molar-refractivity contribution is -0.119. The van der Waals surface area contributed by atoms with E-state index < -0.39 is 0 Å². The quantitative estimate of drug-likeness (QED) is 0.779. The Morgan fingerprint density at radius 3 is 2.46 bits per heavy atom. The van der Waals surface area contributed by atoms with Crippen molar-refractivity contribution < 1.29 is 4.79 Å². The van der Waals surface area contributed by atoms with Gasteiger partial charge in [-0.3, -0.25) is 14.6 Å². The first-order valence-corrected chi connectivity index (χ1v) is 9.33. The smallest absolute Gasteiger partial charge is 0.245 e. The molecule has 0 unspecified atom stereocenters. The van der Waals surface area contributed by atoms with Crippen molar-refractivity contribution in [3.8, 4) is 6.07 Å². The van der Waals surface area contributed by atoms with Gasteiger partial charge in [0, 0.05) is 17.3 Å². The van der Waals surface area contributed by atoms with Gasteiger partial charge in [0.1, 0.15) is 0 Å². The molecule has 0 spiro atoms. The molecule has 0 aliphatic carbocycles. The molecule has 2 heterocycles. The Bertz CT molecular complexity index is 921. The van der Waals surface area contributed by atoms with E-state index in [1.54, 1.807) is 0 Å². The fourth-order valence-electron chi connectivity index (χ4n) is 4.75. The van der Waals surface area contributed by atoms with Crippen LogP contribution < -0.4 is 4.90 Å². The zero-order chi connectivity index (χ0) is 18.6. The molecular weight excluding hydrogens is 322 g/mol. The van der Waals surface area contributed by atoms with Gasteiger partial charge in [-0.05, 0) is 29.9 Å². The lowest BCUT2D eigenvalue weighted by Gasteiger charge is -2.39. The summed E-state index contributed by atoms with van der Waals surface area (Å²) < 4.78 is 0. The van der Waals surface area contributed by atoms with Crippen molar-refractivity contribution in [1.82, 2.24) is 4.90 Å². The summed E-state index contributed by atoms with van der Waals surface area (Å²) in [7, 11) is 0. The molecule has 26 heavy (non-hydrogen) atoms. The predicted molar refractivity (Wildman–Crippen MR) is 104 cm³/mol. The van der Waals surface area contributed by atoms with Crippen LogP contribution in [0.25, 0.3) is 10.8 Å². The number of hydrogen-bond acceptors (Lipinski definition) is 3. The second-order valence-corrected chi connectivity index (χ2v) is 8.79. The maximum absolute atomic E-state index is 13.4. The molecule has 0 bridgehead atoms. The molecule has 2 saturated heterocycles. The topological polar surface area (TPSA) is 47.3 Å². The first kappa shape index (κ1) is 17.1. The lowest BCUT2D eigenvalue weighted by atomic mass is 9.90. The van der Waals surface area contributed by atoms with E-state index in [0.29, 0.717) is 11.5 Å². The van der Waals surface area contributed by atoms with E-state index in [1.165, 1.54) is 0 Å². The molecule has 2 aromatic rings. The van der Waals surface area contributed by atoms with E-state index in [-0.39, 0.29) is 23.5 Å². The molecule has 2 aromatic carbocycles. The largest absolute Gasteiger partial charge is 0.294 e. The van der Waals surface area contributed by atoms with Crippen molar-refractivity contribution in [2.45, 2.75) is 46.3 Å². The first-order valence-electron chi connectivity index (χ1n) is 9.33. The summed E-state index contributed by atoms with van der Waals surface area (Å²) >= 11 is 0. The summed E-state index contributed by atoms with van der Waals surface area (Å²) in [5.74, 6) is 0.748. The molecule has 4 rings (SSSR count). The van der Waals surface area contributed by atoms with Gasteiger partial charge in [-0.2, -0.15) is 5.26 Å². The molecule has 134 valence electrons. The second kappa shape index (κ2) is 5.82. The predicted octanol–water partition coefficient (Wildman–Crippen LogP) is 4.14. The number of amides is 1. The molecule has 4 heteroatoms. The molecule has 1 amide bonds. The van der Waals surface area contributed by atoms with E-state index >= 15 is 0 Å². The van der Waals surface area contributed by atoms with Crippen molar-refractivity contribution in [2.24, 2.45) is 11.3 Å². The average Bonchev–Trinajstić information content (AvgIpc) is 3.09. The van der Waals surface area contributed by atoms with Crippen LogP contribution in [-0.4, -0.2) is 29.6 Å². The minimum atomic E-state index is -0.0660. The Balaban J connectivity index is 1.91. The van der Waals surface area contributed by atoms with Gasteiger partial charge in [0.2, 0.25) is 5.91 Å². The van der Waals surface area contributed by atoms with Crippen LogP contribution in [0.5, 0.6) is 0 Å². The van der Waals surface area contributed by atoms with Gasteiger partial charge in [0.25, 0.3) is 0 Å². The standard InChI is InChI=1S/C22H25N3O/c1-14-11-19-20(26)25(21(22(2,3)4)24(19)13-14)18-10-9-15(12-23)16-7-5-6-8-17(16)18/h5-10,14,19,21H,11,13H2,1-4H3/t14-,19+,21-/m1/s1. The highest BCUT2D eigenvalue weighted by Gasteiger charge is 2.54. The van der Waals surface area contributed by atoms with Crippen molar-refractivity contribution in [3.05, 3.63) is 42.0 Å². The van der Waals surface area contributed by atoms with Crippen LogP contribution in [-0.2, 0) is 4.79 Å². The number of hydrogen-bond donors (Lipinski definition) is 0. The highest BCUT2D eigenvalue weighted by atomic mass is 16.2. The Morgan fingerprint density at radius 2 is 1.81 bits per heavy atom. The molecule has 2 aliphatic rings. The number of carbonyl (C=O) groups is 1. The van der Waals surface area contributed by atoms with Gasteiger partial charge in [0.05, 0.1) is 29.5 Å². The summed E-state index contributed by atoms with van der Waals surface area (Å²) in [6.07, 6.45) is 0.956. The van der Waals surface area contributed by atoms with Gasteiger partial charge in [-0.1, -0.05) is 52.0 Å². The monoisotopic (exact) mass is 347 g/mol. The summed E-state index contributed by atoms with van der Waals surface area (Å²) in [5.41, 5.74) is 1.51. The summed E-state index contributed by atoms with van der Waals surface area (Å²) in [6.45, 7) is 9.80. The third kappa shape index (κ3) is 2.42. The van der Waals surface area contributed by atoms with E-state index in [4.69, 9.17) is 0 Å². The van der Waals surface area contributed by atoms with E-state index in [2.05, 4.69) is 38.7 Å². The van der Waals surface area contributed by atoms with Gasteiger partial charge in [0.15, 0.2) is 0 Å². The minimum Gasteiger partial charge on any atom is -0.294 e. The van der Waals surface area contributed by atoms with E-state index in [1.807, 2.05) is 41.3 Å². The molecule has 0 N–H and O–H groups in total.